The minimum absolute atomic E-state index is 0.0602. The maximum atomic E-state index is 10.9. The van der Waals surface area contributed by atoms with Crippen LogP contribution in [0.4, 0.5) is 0 Å². The second-order valence-electron chi connectivity index (χ2n) is 4.68. The van der Waals surface area contributed by atoms with E-state index >= 15 is 0 Å². The van der Waals surface area contributed by atoms with E-state index in [2.05, 4.69) is 0 Å². The number of hydrogen-bond donors (Lipinski definition) is 1. The van der Waals surface area contributed by atoms with Crippen molar-refractivity contribution in [1.82, 2.24) is 0 Å². The summed E-state index contributed by atoms with van der Waals surface area (Å²) < 4.78 is 4.85. The molecule has 2 aromatic carbocycles. The van der Waals surface area contributed by atoms with Crippen molar-refractivity contribution in [1.29, 1.82) is 0 Å². The molecule has 2 aliphatic rings. The lowest BCUT2D eigenvalue weighted by atomic mass is 10.1. The molecule has 22 heavy (non-hydrogen) atoms. The number of fused-ring (bicyclic) bond motifs is 4. The highest BCUT2D eigenvalue weighted by atomic mass is 16.5. The largest absolute Gasteiger partial charge is 0.478 e. The number of carboxylic acids is 1. The molecule has 0 aliphatic carbocycles. The Hall–Kier alpha value is -2.95. The van der Waals surface area contributed by atoms with Crippen molar-refractivity contribution < 1.29 is 24.2 Å². The molecule has 0 saturated carbocycles. The number of aromatic carboxylic acids is 1. The quantitative estimate of drug-likeness (QED) is 0.681. The number of carbonyl (C=O) groups excluding carboxylic acids is 2. The zero-order valence-electron chi connectivity index (χ0n) is 11.9. The zero-order valence-corrected chi connectivity index (χ0v) is 11.9. The molecule has 0 fully saturated rings. The summed E-state index contributed by atoms with van der Waals surface area (Å²) in [5.74, 6) is -1.52. The first-order valence-corrected chi connectivity index (χ1v) is 6.58. The number of benzene rings is 2. The first-order chi connectivity index (χ1) is 10.5. The molecule has 4 rings (SSSR count). The summed E-state index contributed by atoms with van der Waals surface area (Å²) in [5.41, 5.74) is 2.01. The van der Waals surface area contributed by atoms with Gasteiger partial charge in [0.05, 0.1) is 11.1 Å². The lowest BCUT2D eigenvalue weighted by Crippen LogP contribution is -2.05. The Kier molecular flexibility index (Phi) is 4.68. The fraction of sp³-hybridized carbons (Fsp3) is 0.118. The Labute approximate surface area is 127 Å². The van der Waals surface area contributed by atoms with Crippen LogP contribution in [0.1, 0.15) is 43.6 Å². The van der Waals surface area contributed by atoms with Crippen LogP contribution in [0.3, 0.4) is 0 Å². The molecule has 0 atom stereocenters. The maximum Gasteiger partial charge on any atom is 0.338 e. The second kappa shape index (κ2) is 6.67. The number of ketones is 1. The highest BCUT2D eigenvalue weighted by Gasteiger charge is 2.11. The van der Waals surface area contributed by atoms with Gasteiger partial charge in [0.15, 0.2) is 5.78 Å². The lowest BCUT2D eigenvalue weighted by Gasteiger charge is -1.99. The molecule has 0 spiro atoms. The van der Waals surface area contributed by atoms with Gasteiger partial charge in [0.1, 0.15) is 6.61 Å². The highest BCUT2D eigenvalue weighted by molar-refractivity contribution is 6.04. The molecule has 0 unspecified atom stereocenters. The minimum Gasteiger partial charge on any atom is -0.478 e. The van der Waals surface area contributed by atoms with E-state index in [-0.39, 0.29) is 22.9 Å². The van der Waals surface area contributed by atoms with E-state index < -0.39 is 5.97 Å². The maximum absolute atomic E-state index is 10.9. The molecular weight excluding hydrogens is 284 g/mol. The van der Waals surface area contributed by atoms with E-state index in [9.17, 15) is 14.4 Å². The summed E-state index contributed by atoms with van der Waals surface area (Å²) in [4.78, 5) is 32.4. The lowest BCUT2D eigenvalue weighted by molar-refractivity contribution is 0.0481. The van der Waals surface area contributed by atoms with Gasteiger partial charge in [0.25, 0.3) is 0 Å². The summed E-state index contributed by atoms with van der Waals surface area (Å²) in [7, 11) is 0. The van der Waals surface area contributed by atoms with Crippen molar-refractivity contribution in [2.24, 2.45) is 0 Å². The summed E-state index contributed by atoms with van der Waals surface area (Å²) in [6.07, 6.45) is 0. The number of carbonyl (C=O) groups is 3. The van der Waals surface area contributed by atoms with Crippen molar-refractivity contribution >= 4 is 17.7 Å². The molecular formula is C17H14O5. The molecule has 2 heterocycles. The summed E-state index contributed by atoms with van der Waals surface area (Å²) in [5, 5.41) is 8.66. The Morgan fingerprint density at radius 1 is 1.00 bits per heavy atom. The molecule has 0 radical (unpaired) electrons. The van der Waals surface area contributed by atoms with Crippen molar-refractivity contribution in [2.45, 2.75) is 13.5 Å². The highest BCUT2D eigenvalue weighted by Crippen LogP contribution is 2.12. The van der Waals surface area contributed by atoms with Crippen LogP contribution in [0, 0.1) is 0 Å². The molecule has 0 aromatic heterocycles. The van der Waals surface area contributed by atoms with Gasteiger partial charge in [-0.15, -0.1) is 0 Å². The van der Waals surface area contributed by atoms with E-state index in [0.29, 0.717) is 12.2 Å². The van der Waals surface area contributed by atoms with E-state index in [4.69, 9.17) is 9.84 Å². The third kappa shape index (κ3) is 3.58. The predicted molar refractivity (Wildman–Crippen MR) is 79.0 cm³/mol. The first-order valence-electron chi connectivity index (χ1n) is 6.58. The third-order valence-electron chi connectivity index (χ3n) is 3.10. The number of rotatable bonds is 2. The average Bonchev–Trinajstić information content (AvgIpc) is 2.81. The molecule has 0 amide bonds. The van der Waals surface area contributed by atoms with Gasteiger partial charge in [-0.2, -0.15) is 0 Å². The first kappa shape index (κ1) is 15.4. The fourth-order valence-corrected chi connectivity index (χ4v) is 1.95. The van der Waals surface area contributed by atoms with Crippen LogP contribution in [0.15, 0.2) is 48.5 Å². The van der Waals surface area contributed by atoms with Crippen LogP contribution < -0.4 is 0 Å². The van der Waals surface area contributed by atoms with Crippen LogP contribution in [0.25, 0.3) is 0 Å². The number of Topliss-reactive ketones (excluding diaryl/α,β-unsaturated/α-hetero) is 1. The van der Waals surface area contributed by atoms with Gasteiger partial charge in [0.2, 0.25) is 0 Å². The molecule has 2 bridgehead atoms. The van der Waals surface area contributed by atoms with Gasteiger partial charge in [-0.1, -0.05) is 30.3 Å². The normalized spacial score (nSPS) is 11.8. The molecule has 5 nitrogen and oxygen atoms in total. The molecule has 2 aromatic rings. The van der Waals surface area contributed by atoms with E-state index in [1.165, 1.54) is 19.1 Å². The molecule has 0 saturated heterocycles. The molecule has 1 N–H and O–H groups in total. The summed E-state index contributed by atoms with van der Waals surface area (Å²) in [6.45, 7) is 1.76. The number of hydrogen-bond acceptors (Lipinski definition) is 4. The minimum atomic E-state index is -1.07. The smallest absolute Gasteiger partial charge is 0.338 e. The van der Waals surface area contributed by atoms with Gasteiger partial charge >= 0.3 is 11.9 Å². The van der Waals surface area contributed by atoms with Crippen molar-refractivity contribution in [3.8, 4) is 0 Å². The SMILES string of the molecule is CC(=O)c1ccccc1C(=O)O.O=C1OCc2ccc1cc2. The van der Waals surface area contributed by atoms with Crippen LogP contribution in [-0.2, 0) is 11.3 Å². The molecule has 112 valence electrons. The Morgan fingerprint density at radius 2 is 1.59 bits per heavy atom. The Morgan fingerprint density at radius 3 is 2.09 bits per heavy atom. The van der Waals surface area contributed by atoms with Gasteiger partial charge in [-0.05, 0) is 30.7 Å². The Balaban J connectivity index is 0.000000162. The molecule has 2 aliphatic heterocycles. The van der Waals surface area contributed by atoms with Crippen LogP contribution in [0.5, 0.6) is 0 Å². The average molecular weight is 298 g/mol. The molecule has 5 heteroatoms. The standard InChI is InChI=1S/C9H8O3.C8H6O2/c1-6(10)7-4-2-3-5-8(7)9(11)12;9-8-7-3-1-6(2-4-7)5-10-8/h2-5H,1H3,(H,11,12);1-4H,5H2. The second-order valence-corrected chi connectivity index (χ2v) is 4.68. The van der Waals surface area contributed by atoms with E-state index in [0.717, 1.165) is 5.56 Å². The number of carboxylic acid groups (broad SMARTS) is 1. The van der Waals surface area contributed by atoms with Crippen molar-refractivity contribution in [2.75, 3.05) is 0 Å². The van der Waals surface area contributed by atoms with E-state index in [1.54, 1.807) is 24.3 Å². The third-order valence-corrected chi connectivity index (χ3v) is 3.10. The number of ether oxygens (including phenoxy) is 1. The van der Waals surface area contributed by atoms with Gasteiger partial charge in [0, 0.05) is 5.56 Å². The topological polar surface area (TPSA) is 80.7 Å². The van der Waals surface area contributed by atoms with Crippen LogP contribution >= 0.6 is 0 Å². The Bertz CT molecular complexity index is 683. The van der Waals surface area contributed by atoms with Gasteiger partial charge in [-0.25, -0.2) is 9.59 Å². The van der Waals surface area contributed by atoms with E-state index in [1.807, 2.05) is 12.1 Å². The van der Waals surface area contributed by atoms with Crippen LogP contribution in [0.2, 0.25) is 0 Å². The van der Waals surface area contributed by atoms with Crippen molar-refractivity contribution in [3.63, 3.8) is 0 Å². The van der Waals surface area contributed by atoms with Crippen LogP contribution in [-0.4, -0.2) is 22.8 Å². The monoisotopic (exact) mass is 298 g/mol. The van der Waals surface area contributed by atoms with Crippen molar-refractivity contribution in [3.05, 3.63) is 70.8 Å². The van der Waals surface area contributed by atoms with Gasteiger partial charge in [-0.3, -0.25) is 4.79 Å². The zero-order chi connectivity index (χ0) is 16.1. The number of esters is 1. The summed E-state index contributed by atoms with van der Waals surface area (Å²) >= 11 is 0. The summed E-state index contributed by atoms with van der Waals surface area (Å²) in [6, 6.07) is 13.5. The van der Waals surface area contributed by atoms with Gasteiger partial charge < -0.3 is 9.84 Å². The fourth-order valence-electron chi connectivity index (χ4n) is 1.95. The predicted octanol–water partition coefficient (Wildman–Crippen LogP) is 2.94.